The van der Waals surface area contributed by atoms with Gasteiger partial charge in [0.25, 0.3) is 5.91 Å². The molecule has 0 radical (unpaired) electrons. The molecular weight excluding hydrogens is 290 g/mol. The minimum absolute atomic E-state index is 0.142. The summed E-state index contributed by atoms with van der Waals surface area (Å²) < 4.78 is 0. The second kappa shape index (κ2) is 7.45. The number of anilines is 2. The molecule has 0 bridgehead atoms. The molecule has 0 saturated carbocycles. The van der Waals surface area contributed by atoms with E-state index in [0.717, 1.165) is 12.0 Å². The maximum Gasteiger partial charge on any atom is 0.316 e. The third-order valence-electron chi connectivity index (χ3n) is 3.30. The molecule has 23 heavy (non-hydrogen) atoms. The van der Waals surface area contributed by atoms with Crippen molar-refractivity contribution < 1.29 is 9.59 Å². The standard InChI is InChI=1S/C18H21N3O2/c1-12(2)11-13-5-3-4-6-16(13)17(22)20-14-7-9-15(10-8-14)21-18(19)23/h3-10,12H,11H2,1-2H3,(H,20,22)(H3,19,21,23). The number of nitrogens with one attached hydrogen (secondary N) is 2. The van der Waals surface area contributed by atoms with Crippen LogP contribution < -0.4 is 16.4 Å². The Morgan fingerprint density at radius 2 is 1.52 bits per heavy atom. The zero-order valence-corrected chi connectivity index (χ0v) is 13.3. The number of amides is 3. The van der Waals surface area contributed by atoms with Gasteiger partial charge in [-0.25, -0.2) is 4.79 Å². The Hall–Kier alpha value is -2.82. The maximum atomic E-state index is 12.5. The molecule has 0 aliphatic heterocycles. The Kier molecular flexibility index (Phi) is 5.36. The van der Waals surface area contributed by atoms with Crippen LogP contribution >= 0.6 is 0 Å². The van der Waals surface area contributed by atoms with E-state index in [1.165, 1.54) is 0 Å². The quantitative estimate of drug-likeness (QED) is 0.787. The van der Waals surface area contributed by atoms with Gasteiger partial charge in [-0.1, -0.05) is 32.0 Å². The summed E-state index contributed by atoms with van der Waals surface area (Å²) >= 11 is 0. The van der Waals surface area contributed by atoms with Gasteiger partial charge in [-0.2, -0.15) is 0 Å². The molecule has 2 rings (SSSR count). The summed E-state index contributed by atoms with van der Waals surface area (Å²) in [6.45, 7) is 4.25. The summed E-state index contributed by atoms with van der Waals surface area (Å²) in [6, 6.07) is 13.8. The summed E-state index contributed by atoms with van der Waals surface area (Å²) in [6.07, 6.45) is 0.852. The van der Waals surface area contributed by atoms with Gasteiger partial charge in [-0.3, -0.25) is 4.79 Å². The number of carbonyl (C=O) groups excluding carboxylic acids is 2. The molecule has 0 heterocycles. The molecular formula is C18H21N3O2. The number of nitrogens with two attached hydrogens (primary N) is 1. The van der Waals surface area contributed by atoms with Crippen LogP contribution in [0.3, 0.4) is 0 Å². The molecule has 120 valence electrons. The molecule has 5 heteroatoms. The first-order chi connectivity index (χ1) is 11.0. The Balaban J connectivity index is 2.11. The van der Waals surface area contributed by atoms with Crippen molar-refractivity contribution in [2.24, 2.45) is 11.7 Å². The molecule has 5 nitrogen and oxygen atoms in total. The van der Waals surface area contributed by atoms with Gasteiger partial charge in [0.2, 0.25) is 0 Å². The van der Waals surface area contributed by atoms with Crippen molar-refractivity contribution in [2.45, 2.75) is 20.3 Å². The summed E-state index contributed by atoms with van der Waals surface area (Å²) in [7, 11) is 0. The van der Waals surface area contributed by atoms with Crippen molar-refractivity contribution in [2.75, 3.05) is 10.6 Å². The van der Waals surface area contributed by atoms with Gasteiger partial charge >= 0.3 is 6.03 Å². The van der Waals surface area contributed by atoms with E-state index in [1.807, 2.05) is 24.3 Å². The second-order valence-corrected chi connectivity index (χ2v) is 5.78. The first-order valence-corrected chi connectivity index (χ1v) is 7.51. The van der Waals surface area contributed by atoms with Crippen molar-refractivity contribution >= 4 is 23.3 Å². The number of hydrogen-bond donors (Lipinski definition) is 3. The number of urea groups is 1. The van der Waals surface area contributed by atoms with Crippen molar-refractivity contribution in [1.82, 2.24) is 0 Å². The lowest BCUT2D eigenvalue weighted by Gasteiger charge is -2.12. The first kappa shape index (κ1) is 16.5. The third-order valence-corrected chi connectivity index (χ3v) is 3.30. The van der Waals surface area contributed by atoms with Crippen LogP contribution in [0.4, 0.5) is 16.2 Å². The highest BCUT2D eigenvalue weighted by atomic mass is 16.2. The fraction of sp³-hybridized carbons (Fsp3) is 0.222. The van der Waals surface area contributed by atoms with E-state index < -0.39 is 6.03 Å². The van der Waals surface area contributed by atoms with Crippen molar-refractivity contribution in [3.8, 4) is 0 Å². The summed E-state index contributed by atoms with van der Waals surface area (Å²) in [5, 5.41) is 5.34. The van der Waals surface area contributed by atoms with Gasteiger partial charge in [0.15, 0.2) is 0 Å². The molecule has 0 aromatic heterocycles. The lowest BCUT2D eigenvalue weighted by Crippen LogP contribution is -2.19. The number of hydrogen-bond acceptors (Lipinski definition) is 2. The molecule has 2 aromatic carbocycles. The smallest absolute Gasteiger partial charge is 0.316 e. The molecule has 3 amide bonds. The number of rotatable bonds is 5. The van der Waals surface area contributed by atoms with Gasteiger partial charge in [0.1, 0.15) is 0 Å². The van der Waals surface area contributed by atoms with Gasteiger partial charge in [0.05, 0.1) is 0 Å². The topological polar surface area (TPSA) is 84.2 Å². The normalized spacial score (nSPS) is 10.4. The lowest BCUT2D eigenvalue weighted by atomic mass is 9.97. The average Bonchev–Trinajstić information content (AvgIpc) is 2.48. The van der Waals surface area contributed by atoms with E-state index in [0.29, 0.717) is 22.9 Å². The zero-order chi connectivity index (χ0) is 16.8. The van der Waals surface area contributed by atoms with E-state index in [1.54, 1.807) is 24.3 Å². The van der Waals surface area contributed by atoms with E-state index >= 15 is 0 Å². The van der Waals surface area contributed by atoms with Gasteiger partial charge < -0.3 is 16.4 Å². The minimum Gasteiger partial charge on any atom is -0.351 e. The fourth-order valence-corrected chi connectivity index (χ4v) is 2.34. The Labute approximate surface area is 135 Å². The van der Waals surface area contributed by atoms with Crippen LogP contribution in [0, 0.1) is 5.92 Å². The van der Waals surface area contributed by atoms with Crippen LogP contribution in [0.15, 0.2) is 48.5 Å². The summed E-state index contributed by atoms with van der Waals surface area (Å²) in [5.74, 6) is 0.333. The molecule has 0 unspecified atom stereocenters. The van der Waals surface area contributed by atoms with Crippen LogP contribution in [0.5, 0.6) is 0 Å². The molecule has 0 atom stereocenters. The van der Waals surface area contributed by atoms with Gasteiger partial charge in [0, 0.05) is 16.9 Å². The Morgan fingerprint density at radius 1 is 0.957 bits per heavy atom. The largest absolute Gasteiger partial charge is 0.351 e. The molecule has 0 saturated heterocycles. The van der Waals surface area contributed by atoms with Gasteiger partial charge in [-0.05, 0) is 48.2 Å². The van der Waals surface area contributed by atoms with E-state index in [9.17, 15) is 9.59 Å². The van der Waals surface area contributed by atoms with Crippen LogP contribution in [0.1, 0.15) is 29.8 Å². The highest BCUT2D eigenvalue weighted by molar-refractivity contribution is 6.05. The predicted octanol–water partition coefficient (Wildman–Crippen LogP) is 3.63. The Morgan fingerprint density at radius 3 is 2.09 bits per heavy atom. The Bertz CT molecular complexity index is 694. The molecule has 0 fully saturated rings. The van der Waals surface area contributed by atoms with Crippen LogP contribution in [0.25, 0.3) is 0 Å². The highest BCUT2D eigenvalue weighted by Crippen LogP contribution is 2.18. The molecule has 0 aliphatic rings. The van der Waals surface area contributed by atoms with E-state index in [-0.39, 0.29) is 5.91 Å². The summed E-state index contributed by atoms with van der Waals surface area (Å²) in [5.41, 5.74) is 8.01. The SMILES string of the molecule is CC(C)Cc1ccccc1C(=O)Nc1ccc(NC(N)=O)cc1. The number of carbonyl (C=O) groups is 2. The minimum atomic E-state index is -0.621. The van der Waals surface area contributed by atoms with Gasteiger partial charge in [-0.15, -0.1) is 0 Å². The molecule has 2 aromatic rings. The first-order valence-electron chi connectivity index (χ1n) is 7.51. The lowest BCUT2D eigenvalue weighted by molar-refractivity contribution is 0.102. The number of benzene rings is 2. The highest BCUT2D eigenvalue weighted by Gasteiger charge is 2.12. The van der Waals surface area contributed by atoms with Crippen LogP contribution in [0.2, 0.25) is 0 Å². The molecule has 4 N–H and O–H groups in total. The monoisotopic (exact) mass is 311 g/mol. The third kappa shape index (κ3) is 4.85. The van der Waals surface area contributed by atoms with E-state index in [4.69, 9.17) is 5.73 Å². The van der Waals surface area contributed by atoms with Crippen molar-refractivity contribution in [3.05, 3.63) is 59.7 Å². The number of primary amides is 1. The fourth-order valence-electron chi connectivity index (χ4n) is 2.34. The predicted molar refractivity (Wildman–Crippen MR) is 92.6 cm³/mol. The molecule has 0 aliphatic carbocycles. The maximum absolute atomic E-state index is 12.5. The van der Waals surface area contributed by atoms with Crippen molar-refractivity contribution in [3.63, 3.8) is 0 Å². The molecule has 0 spiro atoms. The average molecular weight is 311 g/mol. The van der Waals surface area contributed by atoms with Crippen LogP contribution in [-0.2, 0) is 6.42 Å². The summed E-state index contributed by atoms with van der Waals surface area (Å²) in [4.78, 5) is 23.3. The van der Waals surface area contributed by atoms with Crippen LogP contribution in [-0.4, -0.2) is 11.9 Å². The second-order valence-electron chi connectivity index (χ2n) is 5.78. The van der Waals surface area contributed by atoms with Crippen molar-refractivity contribution in [1.29, 1.82) is 0 Å². The zero-order valence-electron chi connectivity index (χ0n) is 13.3. The van der Waals surface area contributed by atoms with E-state index in [2.05, 4.69) is 24.5 Å².